The number of fused-ring (bicyclic) bond motifs is 1. The van der Waals surface area contributed by atoms with Crippen LogP contribution in [0, 0.1) is 0 Å². The molecule has 0 saturated heterocycles. The number of hydrogen-bond acceptors (Lipinski definition) is 4. The Kier molecular flexibility index (Phi) is 2.17. The number of anilines is 1. The van der Waals surface area contributed by atoms with Crippen molar-refractivity contribution in [3.63, 3.8) is 0 Å². The normalized spacial score (nSPS) is 19.9. The van der Waals surface area contributed by atoms with Crippen LogP contribution in [-0.2, 0) is 16.0 Å². The van der Waals surface area contributed by atoms with Crippen LogP contribution in [0.2, 0.25) is 0 Å². The smallest absolute Gasteiger partial charge is 0.250 e. The van der Waals surface area contributed by atoms with Crippen LogP contribution in [0.4, 0.5) is 5.69 Å². The minimum absolute atomic E-state index is 0.126. The minimum Gasteiger partial charge on any atom is -0.367 e. The number of carbonyl (C=O) groups is 2. The van der Waals surface area contributed by atoms with E-state index >= 15 is 0 Å². The van der Waals surface area contributed by atoms with Gasteiger partial charge in [0.1, 0.15) is 0 Å². The molecule has 0 aromatic heterocycles. The Labute approximate surface area is 86.1 Å². The van der Waals surface area contributed by atoms with E-state index in [-0.39, 0.29) is 12.2 Å². The van der Waals surface area contributed by atoms with Gasteiger partial charge in [-0.05, 0) is 11.6 Å². The molecule has 0 aliphatic carbocycles. The highest BCUT2D eigenvalue weighted by molar-refractivity contribution is 6.09. The summed E-state index contributed by atoms with van der Waals surface area (Å²) in [5.41, 5.74) is 6.20. The predicted molar refractivity (Wildman–Crippen MR) is 52.4 cm³/mol. The fourth-order valence-corrected chi connectivity index (χ4v) is 1.72. The third-order valence-corrected chi connectivity index (χ3v) is 2.42. The van der Waals surface area contributed by atoms with Gasteiger partial charge in [0.05, 0.1) is 5.69 Å². The third kappa shape index (κ3) is 1.46. The summed E-state index contributed by atoms with van der Waals surface area (Å²) in [6, 6.07) is 5.59. The first kappa shape index (κ1) is 9.67. The second kappa shape index (κ2) is 3.36. The highest BCUT2D eigenvalue weighted by Gasteiger charge is 2.36. The first-order valence-corrected chi connectivity index (χ1v) is 4.49. The molecule has 1 aliphatic rings. The van der Waals surface area contributed by atoms with Crippen LogP contribution >= 0.6 is 0 Å². The number of benzene rings is 1. The lowest BCUT2D eigenvalue weighted by Crippen LogP contribution is -2.52. The zero-order chi connectivity index (χ0) is 11.0. The molecule has 1 amide bonds. The van der Waals surface area contributed by atoms with Crippen molar-refractivity contribution in [3.8, 4) is 0 Å². The van der Waals surface area contributed by atoms with Gasteiger partial charge < -0.3 is 5.73 Å². The Bertz CT molecular complexity index is 430. The molecule has 0 bridgehead atoms. The Morgan fingerprint density at radius 3 is 2.80 bits per heavy atom. The van der Waals surface area contributed by atoms with Crippen LogP contribution in [0.1, 0.15) is 5.56 Å². The quantitative estimate of drug-likeness (QED) is 0.626. The molecule has 1 aromatic rings. The largest absolute Gasteiger partial charge is 0.367 e. The van der Waals surface area contributed by atoms with E-state index in [1.54, 1.807) is 24.3 Å². The first-order chi connectivity index (χ1) is 7.11. The second-order valence-corrected chi connectivity index (χ2v) is 3.42. The summed E-state index contributed by atoms with van der Waals surface area (Å²) in [5.74, 6) is -1.22. The van der Waals surface area contributed by atoms with Crippen molar-refractivity contribution in [2.75, 3.05) is 5.06 Å². The maximum atomic E-state index is 11.5. The van der Waals surface area contributed by atoms with Crippen molar-refractivity contribution < 1.29 is 14.8 Å². The molecule has 15 heavy (non-hydrogen) atoms. The van der Waals surface area contributed by atoms with E-state index in [0.29, 0.717) is 16.3 Å². The van der Waals surface area contributed by atoms with Gasteiger partial charge in [0, 0.05) is 6.42 Å². The molecule has 0 spiro atoms. The number of amides is 1. The number of carbonyl (C=O) groups excluding carboxylic acids is 2. The standard InChI is InChI=1S/C10H10N2O3/c11-10(14)9-8(13)5-6-3-1-2-4-7(6)12(9)15/h1-4,9,15H,5H2,(H2,11,14). The van der Waals surface area contributed by atoms with Crippen molar-refractivity contribution in [2.45, 2.75) is 12.5 Å². The number of nitrogens with zero attached hydrogens (tertiary/aromatic N) is 1. The third-order valence-electron chi connectivity index (χ3n) is 2.42. The van der Waals surface area contributed by atoms with Gasteiger partial charge in [0.25, 0.3) is 0 Å². The number of para-hydroxylation sites is 1. The van der Waals surface area contributed by atoms with Crippen molar-refractivity contribution in [1.29, 1.82) is 0 Å². The Hall–Kier alpha value is -1.88. The van der Waals surface area contributed by atoms with E-state index in [2.05, 4.69) is 0 Å². The lowest BCUT2D eigenvalue weighted by molar-refractivity contribution is -0.130. The van der Waals surface area contributed by atoms with Crippen LogP contribution in [0.3, 0.4) is 0 Å². The maximum Gasteiger partial charge on any atom is 0.250 e. The summed E-state index contributed by atoms with van der Waals surface area (Å²) in [5, 5.41) is 10.3. The zero-order valence-electron chi connectivity index (χ0n) is 7.88. The fourth-order valence-electron chi connectivity index (χ4n) is 1.72. The number of hydrogen-bond donors (Lipinski definition) is 2. The molecule has 3 N–H and O–H groups in total. The Morgan fingerprint density at radius 2 is 2.13 bits per heavy atom. The number of ketones is 1. The minimum atomic E-state index is -1.26. The van der Waals surface area contributed by atoms with E-state index in [4.69, 9.17) is 5.73 Å². The summed E-state index contributed by atoms with van der Waals surface area (Å²) in [4.78, 5) is 22.5. The van der Waals surface area contributed by atoms with E-state index < -0.39 is 11.9 Å². The highest BCUT2D eigenvalue weighted by Crippen LogP contribution is 2.26. The predicted octanol–water partition coefficient (Wildman–Crippen LogP) is -0.139. The van der Waals surface area contributed by atoms with Gasteiger partial charge in [0.2, 0.25) is 5.91 Å². The molecule has 5 nitrogen and oxygen atoms in total. The molecule has 0 radical (unpaired) electrons. The van der Waals surface area contributed by atoms with Crippen molar-refractivity contribution >= 4 is 17.4 Å². The number of nitrogens with two attached hydrogens (primary N) is 1. The van der Waals surface area contributed by atoms with E-state index in [0.717, 1.165) is 0 Å². The van der Waals surface area contributed by atoms with Gasteiger partial charge in [0.15, 0.2) is 11.8 Å². The number of primary amides is 1. The van der Waals surface area contributed by atoms with Crippen LogP contribution in [-0.4, -0.2) is 22.9 Å². The molecule has 2 rings (SSSR count). The summed E-state index contributed by atoms with van der Waals surface area (Å²) < 4.78 is 0. The van der Waals surface area contributed by atoms with Gasteiger partial charge >= 0.3 is 0 Å². The van der Waals surface area contributed by atoms with Gasteiger partial charge in [-0.2, -0.15) is 0 Å². The molecule has 0 saturated carbocycles. The number of hydroxylamine groups is 1. The van der Waals surface area contributed by atoms with Crippen LogP contribution in [0.25, 0.3) is 0 Å². The molecule has 1 unspecified atom stereocenters. The van der Waals surface area contributed by atoms with Crippen molar-refractivity contribution in [1.82, 2.24) is 0 Å². The Morgan fingerprint density at radius 1 is 1.47 bits per heavy atom. The lowest BCUT2D eigenvalue weighted by Gasteiger charge is -2.30. The van der Waals surface area contributed by atoms with Gasteiger partial charge in [-0.1, -0.05) is 18.2 Å². The van der Waals surface area contributed by atoms with E-state index in [1.807, 2.05) is 0 Å². The monoisotopic (exact) mass is 206 g/mol. The molecule has 1 aromatic carbocycles. The molecular formula is C10H10N2O3. The fraction of sp³-hybridized carbons (Fsp3) is 0.200. The van der Waals surface area contributed by atoms with Crippen LogP contribution in [0.5, 0.6) is 0 Å². The molecule has 5 heteroatoms. The highest BCUT2D eigenvalue weighted by atomic mass is 16.5. The number of rotatable bonds is 1. The second-order valence-electron chi connectivity index (χ2n) is 3.42. The summed E-state index contributed by atoms with van der Waals surface area (Å²) in [6.45, 7) is 0. The zero-order valence-corrected chi connectivity index (χ0v) is 7.88. The summed E-state index contributed by atoms with van der Waals surface area (Å²) >= 11 is 0. The Balaban J connectivity index is 2.47. The molecule has 1 aliphatic heterocycles. The van der Waals surface area contributed by atoms with E-state index in [1.165, 1.54) is 0 Å². The molecular weight excluding hydrogens is 196 g/mol. The number of Topliss-reactive ketones (excluding diaryl/α,β-unsaturated/α-hetero) is 1. The molecule has 0 fully saturated rings. The topological polar surface area (TPSA) is 83.6 Å². The first-order valence-electron chi connectivity index (χ1n) is 4.49. The van der Waals surface area contributed by atoms with Crippen LogP contribution in [0.15, 0.2) is 24.3 Å². The molecule has 1 atom stereocenters. The van der Waals surface area contributed by atoms with Gasteiger partial charge in [-0.3, -0.25) is 14.8 Å². The average molecular weight is 206 g/mol. The van der Waals surface area contributed by atoms with Crippen molar-refractivity contribution in [2.24, 2.45) is 5.73 Å². The molecule has 78 valence electrons. The summed E-state index contributed by atoms with van der Waals surface area (Å²) in [6.07, 6.45) is 0.126. The van der Waals surface area contributed by atoms with Crippen LogP contribution < -0.4 is 10.8 Å². The molecule has 1 heterocycles. The van der Waals surface area contributed by atoms with Gasteiger partial charge in [-0.15, -0.1) is 0 Å². The summed E-state index contributed by atoms with van der Waals surface area (Å²) in [7, 11) is 0. The van der Waals surface area contributed by atoms with E-state index in [9.17, 15) is 14.8 Å². The van der Waals surface area contributed by atoms with Gasteiger partial charge in [-0.25, -0.2) is 5.06 Å². The average Bonchev–Trinajstić information content (AvgIpc) is 2.17. The SMILES string of the molecule is NC(=O)C1C(=O)Cc2ccccc2N1O. The lowest BCUT2D eigenvalue weighted by atomic mass is 9.96. The maximum absolute atomic E-state index is 11.5. The van der Waals surface area contributed by atoms with Crippen molar-refractivity contribution in [3.05, 3.63) is 29.8 Å².